The lowest BCUT2D eigenvalue weighted by atomic mass is 9.97. The van der Waals surface area contributed by atoms with Crippen LogP contribution < -0.4 is 19.7 Å². The molecule has 2 heterocycles. The molecule has 1 fully saturated rings. The number of methoxy groups -OCH3 is 2. The summed E-state index contributed by atoms with van der Waals surface area (Å²) in [5, 5.41) is 3.87. The topological polar surface area (TPSA) is 76.6 Å². The van der Waals surface area contributed by atoms with Gasteiger partial charge in [-0.1, -0.05) is 30.0 Å². The van der Waals surface area contributed by atoms with Gasteiger partial charge in [-0.05, 0) is 37.1 Å². The van der Waals surface area contributed by atoms with E-state index in [9.17, 15) is 4.79 Å². The first-order valence-electron chi connectivity index (χ1n) is 10.5. The van der Waals surface area contributed by atoms with Gasteiger partial charge >= 0.3 is 0 Å². The first-order valence-corrected chi connectivity index (χ1v) is 11.3. The molecule has 32 heavy (non-hydrogen) atoms. The molecule has 0 bridgehead atoms. The second-order valence-corrected chi connectivity index (χ2v) is 8.51. The van der Waals surface area contributed by atoms with Crippen LogP contribution in [0, 0.1) is 5.92 Å². The Bertz CT molecular complexity index is 1060. The van der Waals surface area contributed by atoms with Gasteiger partial charge in [-0.15, -0.1) is 0 Å². The lowest BCUT2D eigenvalue weighted by Crippen LogP contribution is -2.41. The van der Waals surface area contributed by atoms with Crippen LogP contribution in [-0.4, -0.2) is 43.2 Å². The highest BCUT2D eigenvalue weighted by atomic mass is 32.2. The van der Waals surface area contributed by atoms with E-state index in [1.807, 2.05) is 24.3 Å². The third kappa shape index (κ3) is 5.13. The summed E-state index contributed by atoms with van der Waals surface area (Å²) in [6.07, 6.45) is 5.16. The van der Waals surface area contributed by atoms with Crippen molar-refractivity contribution < 1.29 is 14.3 Å². The van der Waals surface area contributed by atoms with Crippen LogP contribution in [0.4, 0.5) is 11.5 Å². The number of carbonyl (C=O) groups excluding carboxylic acids is 1. The van der Waals surface area contributed by atoms with Crippen molar-refractivity contribution in [2.75, 3.05) is 37.5 Å². The van der Waals surface area contributed by atoms with Crippen molar-refractivity contribution in [1.82, 2.24) is 9.97 Å². The van der Waals surface area contributed by atoms with Gasteiger partial charge < -0.3 is 19.7 Å². The normalized spacial score (nSPS) is 15.8. The molecule has 1 aromatic heterocycles. The Balaban J connectivity index is 1.46. The van der Waals surface area contributed by atoms with Gasteiger partial charge in [0.25, 0.3) is 0 Å². The molecule has 1 atom stereocenters. The van der Waals surface area contributed by atoms with Crippen molar-refractivity contribution in [2.45, 2.75) is 22.8 Å². The molecule has 0 radical (unpaired) electrons. The molecule has 1 N–H and O–H groups in total. The van der Waals surface area contributed by atoms with Gasteiger partial charge in [0.15, 0.2) is 17.3 Å². The molecule has 0 aliphatic carbocycles. The van der Waals surface area contributed by atoms with Gasteiger partial charge in [0.05, 0.1) is 20.1 Å². The lowest BCUT2D eigenvalue weighted by molar-refractivity contribution is -0.120. The van der Waals surface area contributed by atoms with Gasteiger partial charge in [0.1, 0.15) is 5.03 Å². The molecule has 0 saturated carbocycles. The molecule has 8 heteroatoms. The predicted molar refractivity (Wildman–Crippen MR) is 126 cm³/mol. The fourth-order valence-corrected chi connectivity index (χ4v) is 4.65. The summed E-state index contributed by atoms with van der Waals surface area (Å²) < 4.78 is 10.6. The molecule has 0 unspecified atom stereocenters. The van der Waals surface area contributed by atoms with Crippen LogP contribution in [0.15, 0.2) is 70.8 Å². The number of ether oxygens (including phenoxy) is 2. The van der Waals surface area contributed by atoms with Crippen molar-refractivity contribution in [3.05, 3.63) is 60.9 Å². The van der Waals surface area contributed by atoms with E-state index >= 15 is 0 Å². The smallest absolute Gasteiger partial charge is 0.229 e. The maximum Gasteiger partial charge on any atom is 0.229 e. The number of hydrogen-bond acceptors (Lipinski definition) is 7. The number of benzene rings is 2. The van der Waals surface area contributed by atoms with Gasteiger partial charge in [-0.2, -0.15) is 0 Å². The monoisotopic (exact) mass is 450 g/mol. The van der Waals surface area contributed by atoms with E-state index in [1.54, 1.807) is 50.5 Å². The Hall–Kier alpha value is -3.26. The standard InChI is InChI=1S/C24H26N4O3S/c1-30-20-11-10-18(15-21(20)31-2)27-23(29)17-7-6-14-28(16-17)22-24(26-13-12-25-22)32-19-8-4-3-5-9-19/h3-5,8-13,15,17H,6-7,14,16H2,1-2H3,(H,27,29)/t17-/m1/s1. The number of hydrogen-bond donors (Lipinski definition) is 1. The molecule has 1 saturated heterocycles. The van der Waals surface area contributed by atoms with Gasteiger partial charge in [0, 0.05) is 42.1 Å². The molecule has 1 amide bonds. The number of nitrogens with zero attached hydrogens (tertiary/aromatic N) is 3. The van der Waals surface area contributed by atoms with E-state index in [2.05, 4.69) is 32.3 Å². The Kier molecular flexibility index (Phi) is 7.11. The highest BCUT2D eigenvalue weighted by molar-refractivity contribution is 7.99. The number of nitrogens with one attached hydrogen (secondary N) is 1. The van der Waals surface area contributed by atoms with Crippen molar-refractivity contribution in [3.63, 3.8) is 0 Å². The number of carbonyl (C=O) groups is 1. The summed E-state index contributed by atoms with van der Waals surface area (Å²) in [5.41, 5.74) is 0.685. The lowest BCUT2D eigenvalue weighted by Gasteiger charge is -2.33. The highest BCUT2D eigenvalue weighted by Crippen LogP contribution is 2.34. The Labute approximate surface area is 192 Å². The molecule has 1 aliphatic rings. The van der Waals surface area contributed by atoms with E-state index in [1.165, 1.54) is 0 Å². The maximum atomic E-state index is 13.0. The van der Waals surface area contributed by atoms with Gasteiger partial charge in [-0.25, -0.2) is 9.97 Å². The Morgan fingerprint density at radius 3 is 2.62 bits per heavy atom. The number of rotatable bonds is 7. The van der Waals surface area contributed by atoms with Crippen LogP contribution in [0.25, 0.3) is 0 Å². The first-order chi connectivity index (χ1) is 15.7. The number of piperidine rings is 1. The van der Waals surface area contributed by atoms with Crippen LogP contribution in [0.5, 0.6) is 11.5 Å². The maximum absolute atomic E-state index is 13.0. The largest absolute Gasteiger partial charge is 0.493 e. The fraction of sp³-hybridized carbons (Fsp3) is 0.292. The van der Waals surface area contributed by atoms with Gasteiger partial charge in [0.2, 0.25) is 5.91 Å². The van der Waals surface area contributed by atoms with E-state index in [0.29, 0.717) is 23.7 Å². The first kappa shape index (κ1) is 22.0. The van der Waals surface area contributed by atoms with E-state index in [0.717, 1.165) is 35.1 Å². The van der Waals surface area contributed by atoms with Crippen LogP contribution in [0.2, 0.25) is 0 Å². The molecule has 2 aromatic carbocycles. The fourth-order valence-electron chi connectivity index (χ4n) is 3.75. The number of aromatic nitrogens is 2. The zero-order valence-electron chi connectivity index (χ0n) is 18.2. The molecule has 4 rings (SSSR count). The van der Waals surface area contributed by atoms with Crippen molar-refractivity contribution in [1.29, 1.82) is 0 Å². The minimum atomic E-state index is -0.145. The second-order valence-electron chi connectivity index (χ2n) is 7.44. The minimum Gasteiger partial charge on any atom is -0.493 e. The van der Waals surface area contributed by atoms with E-state index in [4.69, 9.17) is 9.47 Å². The summed E-state index contributed by atoms with van der Waals surface area (Å²) in [5.74, 6) is 1.87. The number of anilines is 2. The average Bonchev–Trinajstić information content (AvgIpc) is 2.85. The molecular weight excluding hydrogens is 424 g/mol. The van der Waals surface area contributed by atoms with Crippen molar-refractivity contribution >= 4 is 29.2 Å². The van der Waals surface area contributed by atoms with Crippen LogP contribution >= 0.6 is 11.8 Å². The Morgan fingerprint density at radius 2 is 1.84 bits per heavy atom. The molecular formula is C24H26N4O3S. The van der Waals surface area contributed by atoms with E-state index < -0.39 is 0 Å². The van der Waals surface area contributed by atoms with Crippen molar-refractivity contribution in [3.8, 4) is 11.5 Å². The van der Waals surface area contributed by atoms with Gasteiger partial charge in [-0.3, -0.25) is 4.79 Å². The zero-order chi connectivity index (χ0) is 22.3. The average molecular weight is 451 g/mol. The third-order valence-electron chi connectivity index (χ3n) is 5.35. The highest BCUT2D eigenvalue weighted by Gasteiger charge is 2.28. The number of amides is 1. The summed E-state index contributed by atoms with van der Waals surface area (Å²) in [6, 6.07) is 15.5. The minimum absolute atomic E-state index is 0.0110. The molecule has 0 spiro atoms. The molecule has 1 aliphatic heterocycles. The predicted octanol–water partition coefficient (Wildman–Crippen LogP) is 4.50. The molecule has 166 valence electrons. The molecule has 7 nitrogen and oxygen atoms in total. The van der Waals surface area contributed by atoms with E-state index in [-0.39, 0.29) is 11.8 Å². The van der Waals surface area contributed by atoms with Crippen LogP contribution in [-0.2, 0) is 4.79 Å². The summed E-state index contributed by atoms with van der Waals surface area (Å²) in [4.78, 5) is 25.4. The SMILES string of the molecule is COc1ccc(NC(=O)[C@@H]2CCCN(c3nccnc3Sc3ccccc3)C2)cc1OC. The van der Waals surface area contributed by atoms with Crippen LogP contribution in [0.3, 0.4) is 0 Å². The summed E-state index contributed by atoms with van der Waals surface area (Å²) in [6.45, 7) is 1.45. The van der Waals surface area contributed by atoms with Crippen molar-refractivity contribution in [2.24, 2.45) is 5.92 Å². The Morgan fingerprint density at radius 1 is 1.06 bits per heavy atom. The summed E-state index contributed by atoms with van der Waals surface area (Å²) in [7, 11) is 3.16. The quantitative estimate of drug-likeness (QED) is 0.568. The third-order valence-corrected chi connectivity index (χ3v) is 6.34. The zero-order valence-corrected chi connectivity index (χ0v) is 19.0. The summed E-state index contributed by atoms with van der Waals surface area (Å²) >= 11 is 1.59. The second kappa shape index (κ2) is 10.4. The molecule has 3 aromatic rings. The van der Waals surface area contributed by atoms with Crippen LogP contribution in [0.1, 0.15) is 12.8 Å².